The number of carbonyl (C=O) groups is 1. The third-order valence-electron chi connectivity index (χ3n) is 4.48. The molecule has 0 heterocycles. The molecule has 0 aliphatic heterocycles. The van der Waals surface area contributed by atoms with Gasteiger partial charge in [0.05, 0.1) is 6.61 Å². The van der Waals surface area contributed by atoms with Crippen molar-refractivity contribution >= 4 is 11.7 Å². The second-order valence-corrected chi connectivity index (χ2v) is 5.87. The van der Waals surface area contributed by atoms with Crippen LogP contribution >= 0.6 is 0 Å². The lowest BCUT2D eigenvalue weighted by Crippen LogP contribution is -2.56. The lowest BCUT2D eigenvalue weighted by atomic mass is 9.75. The Balaban J connectivity index is 3.10. The first-order valence-corrected chi connectivity index (χ1v) is 7.97. The minimum absolute atomic E-state index is 0.00142. The summed E-state index contributed by atoms with van der Waals surface area (Å²) in [5.74, 6) is -0.0984. The fourth-order valence-corrected chi connectivity index (χ4v) is 3.18. The summed E-state index contributed by atoms with van der Waals surface area (Å²) in [7, 11) is 0. The Labute approximate surface area is 127 Å². The average Bonchev–Trinajstić information content (AvgIpc) is 2.42. The molecule has 0 aromatic heterocycles. The molecule has 6 heteroatoms. The molecule has 1 fully saturated rings. The van der Waals surface area contributed by atoms with E-state index >= 15 is 0 Å². The Hall–Kier alpha value is -1.30. The molecule has 1 saturated carbocycles. The van der Waals surface area contributed by atoms with E-state index < -0.39 is 5.41 Å². The van der Waals surface area contributed by atoms with Crippen LogP contribution in [0.5, 0.6) is 0 Å². The zero-order chi connectivity index (χ0) is 15.9. The van der Waals surface area contributed by atoms with E-state index in [2.05, 4.69) is 5.16 Å². The normalized spacial score (nSPS) is 16.6. The van der Waals surface area contributed by atoms with Crippen LogP contribution < -0.4 is 5.73 Å². The largest absolute Gasteiger partial charge is 0.409 e. The monoisotopic (exact) mass is 299 g/mol. The lowest BCUT2D eigenvalue weighted by Gasteiger charge is -2.43. The summed E-state index contributed by atoms with van der Waals surface area (Å²) in [6.07, 6.45) is 5.72. The van der Waals surface area contributed by atoms with Crippen molar-refractivity contribution in [2.45, 2.75) is 64.8 Å². The van der Waals surface area contributed by atoms with E-state index in [1.165, 1.54) is 0 Å². The minimum Gasteiger partial charge on any atom is -0.409 e. The number of hydrogen-bond acceptors (Lipinski definition) is 4. The molecule has 1 aliphatic rings. The van der Waals surface area contributed by atoms with Crippen LogP contribution in [0.3, 0.4) is 0 Å². The molecule has 0 unspecified atom stereocenters. The molecular weight excluding hydrogens is 270 g/mol. The van der Waals surface area contributed by atoms with Gasteiger partial charge in [0.1, 0.15) is 5.41 Å². The SMILES string of the molecule is CCCC(CCC)(C(=O)N(CCO)C1CCC1)C(N)=NO. The highest BCUT2D eigenvalue weighted by molar-refractivity contribution is 6.06. The number of rotatable bonds is 9. The highest BCUT2D eigenvalue weighted by Crippen LogP contribution is 2.36. The van der Waals surface area contributed by atoms with Crippen molar-refractivity contribution in [2.75, 3.05) is 13.2 Å². The van der Waals surface area contributed by atoms with Crippen molar-refractivity contribution in [1.82, 2.24) is 4.90 Å². The number of amides is 1. The lowest BCUT2D eigenvalue weighted by molar-refractivity contribution is -0.144. The van der Waals surface area contributed by atoms with Gasteiger partial charge in [-0.25, -0.2) is 0 Å². The first kappa shape index (κ1) is 17.8. The molecule has 0 radical (unpaired) electrons. The maximum Gasteiger partial charge on any atom is 0.236 e. The van der Waals surface area contributed by atoms with Gasteiger partial charge in [0, 0.05) is 12.6 Å². The molecule has 0 aromatic rings. The second-order valence-electron chi connectivity index (χ2n) is 5.87. The third-order valence-corrected chi connectivity index (χ3v) is 4.48. The van der Waals surface area contributed by atoms with E-state index in [0.29, 0.717) is 19.4 Å². The number of aliphatic hydroxyl groups excluding tert-OH is 1. The van der Waals surface area contributed by atoms with Crippen LogP contribution in [0.4, 0.5) is 0 Å². The Morgan fingerprint density at radius 1 is 1.33 bits per heavy atom. The molecule has 0 saturated heterocycles. The van der Waals surface area contributed by atoms with E-state index in [1.807, 2.05) is 13.8 Å². The smallest absolute Gasteiger partial charge is 0.236 e. The summed E-state index contributed by atoms with van der Waals surface area (Å²) in [5.41, 5.74) is 4.97. The fraction of sp³-hybridized carbons (Fsp3) is 0.867. The maximum atomic E-state index is 13.1. The average molecular weight is 299 g/mol. The third kappa shape index (κ3) is 3.67. The van der Waals surface area contributed by atoms with Crippen LogP contribution in [-0.2, 0) is 4.79 Å². The van der Waals surface area contributed by atoms with Gasteiger partial charge in [-0.1, -0.05) is 31.8 Å². The number of nitrogens with two attached hydrogens (primary N) is 1. The molecule has 0 aromatic carbocycles. The fourth-order valence-electron chi connectivity index (χ4n) is 3.18. The second kappa shape index (κ2) is 8.22. The van der Waals surface area contributed by atoms with E-state index in [9.17, 15) is 9.90 Å². The Morgan fingerprint density at radius 3 is 2.24 bits per heavy atom. The summed E-state index contributed by atoms with van der Waals surface area (Å²) in [6, 6.07) is 0.184. The van der Waals surface area contributed by atoms with Gasteiger partial charge < -0.3 is 20.9 Å². The molecular formula is C15H29N3O3. The van der Waals surface area contributed by atoms with E-state index in [1.54, 1.807) is 4.90 Å². The summed E-state index contributed by atoms with van der Waals surface area (Å²) in [5, 5.41) is 21.6. The Bertz CT molecular complexity index is 361. The first-order valence-electron chi connectivity index (χ1n) is 7.97. The Kier molecular flexibility index (Phi) is 6.95. The zero-order valence-corrected chi connectivity index (χ0v) is 13.2. The van der Waals surface area contributed by atoms with E-state index in [-0.39, 0.29) is 24.4 Å². The van der Waals surface area contributed by atoms with Crippen LogP contribution in [0.15, 0.2) is 5.16 Å². The van der Waals surface area contributed by atoms with Crippen molar-refractivity contribution in [1.29, 1.82) is 0 Å². The highest BCUT2D eigenvalue weighted by Gasteiger charge is 2.46. The van der Waals surface area contributed by atoms with Gasteiger partial charge >= 0.3 is 0 Å². The van der Waals surface area contributed by atoms with Gasteiger partial charge in [-0.3, -0.25) is 4.79 Å². The van der Waals surface area contributed by atoms with Gasteiger partial charge in [0.25, 0.3) is 0 Å². The van der Waals surface area contributed by atoms with Crippen molar-refractivity contribution in [3.8, 4) is 0 Å². The number of amidine groups is 1. The molecule has 1 rings (SSSR count). The highest BCUT2D eigenvalue weighted by atomic mass is 16.4. The van der Waals surface area contributed by atoms with Gasteiger partial charge in [-0.2, -0.15) is 0 Å². The molecule has 4 N–H and O–H groups in total. The maximum absolute atomic E-state index is 13.1. The Morgan fingerprint density at radius 2 is 1.90 bits per heavy atom. The van der Waals surface area contributed by atoms with Crippen molar-refractivity contribution in [2.24, 2.45) is 16.3 Å². The number of aliphatic hydroxyl groups is 1. The molecule has 1 aliphatic carbocycles. The standard InChI is InChI=1S/C15H29N3O3/c1-3-8-15(9-4-2,13(16)17-21)14(20)18(10-11-19)12-6-5-7-12/h12,19,21H,3-11H2,1-2H3,(H2,16,17). The number of nitrogens with zero attached hydrogens (tertiary/aromatic N) is 2. The number of hydrogen-bond donors (Lipinski definition) is 3. The molecule has 1 amide bonds. The number of carbonyl (C=O) groups excluding carboxylic acids is 1. The molecule has 122 valence electrons. The molecule has 6 nitrogen and oxygen atoms in total. The van der Waals surface area contributed by atoms with Gasteiger partial charge in [0.2, 0.25) is 5.91 Å². The van der Waals surface area contributed by atoms with Gasteiger partial charge in [-0.05, 0) is 32.1 Å². The first-order chi connectivity index (χ1) is 10.1. The summed E-state index contributed by atoms with van der Waals surface area (Å²) >= 11 is 0. The minimum atomic E-state index is -0.941. The molecule has 0 bridgehead atoms. The zero-order valence-electron chi connectivity index (χ0n) is 13.2. The van der Waals surface area contributed by atoms with E-state index in [4.69, 9.17) is 10.9 Å². The van der Waals surface area contributed by atoms with Gasteiger partial charge in [-0.15, -0.1) is 0 Å². The van der Waals surface area contributed by atoms with Gasteiger partial charge in [0.15, 0.2) is 5.84 Å². The summed E-state index contributed by atoms with van der Waals surface area (Å²) in [6.45, 7) is 4.23. The van der Waals surface area contributed by atoms with Crippen LogP contribution in [0, 0.1) is 5.41 Å². The molecule has 0 atom stereocenters. The summed E-state index contributed by atoms with van der Waals surface area (Å²) < 4.78 is 0. The van der Waals surface area contributed by atoms with Crippen LogP contribution in [0.1, 0.15) is 58.8 Å². The van der Waals surface area contributed by atoms with Crippen LogP contribution in [-0.4, -0.2) is 46.1 Å². The molecule has 0 spiro atoms. The predicted octanol–water partition coefficient (Wildman–Crippen LogP) is 1.69. The van der Waals surface area contributed by atoms with Crippen LogP contribution in [0.25, 0.3) is 0 Å². The van der Waals surface area contributed by atoms with Crippen LogP contribution in [0.2, 0.25) is 0 Å². The quantitative estimate of drug-likeness (QED) is 0.261. The van der Waals surface area contributed by atoms with Crippen molar-refractivity contribution in [3.63, 3.8) is 0 Å². The predicted molar refractivity (Wildman–Crippen MR) is 82.1 cm³/mol. The van der Waals surface area contributed by atoms with E-state index in [0.717, 1.165) is 32.1 Å². The topological polar surface area (TPSA) is 99.2 Å². The van der Waals surface area contributed by atoms with Crippen molar-refractivity contribution in [3.05, 3.63) is 0 Å². The molecule has 21 heavy (non-hydrogen) atoms. The summed E-state index contributed by atoms with van der Waals surface area (Å²) in [4.78, 5) is 14.9. The number of oxime groups is 1. The van der Waals surface area contributed by atoms with Crippen molar-refractivity contribution < 1.29 is 15.1 Å².